The summed E-state index contributed by atoms with van der Waals surface area (Å²) in [5, 5.41) is 12.4. The molecule has 2 aliphatic heterocycles. The molecule has 2 aliphatic carbocycles. The van der Waals surface area contributed by atoms with E-state index in [1.165, 1.54) is 18.1 Å². The van der Waals surface area contributed by atoms with Crippen LogP contribution in [0.3, 0.4) is 0 Å². The normalized spacial score (nSPS) is 25.9. The zero-order chi connectivity index (χ0) is 40.0. The molecule has 4 aliphatic rings. The second-order valence-electron chi connectivity index (χ2n) is 14.0. The van der Waals surface area contributed by atoms with E-state index in [4.69, 9.17) is 27.9 Å². The highest BCUT2D eigenvalue weighted by Gasteiger charge is 2.71. The van der Waals surface area contributed by atoms with E-state index in [1.54, 1.807) is 54.6 Å². The minimum atomic E-state index is -4.77. The lowest BCUT2D eigenvalue weighted by Crippen LogP contribution is -2.53. The van der Waals surface area contributed by atoms with Crippen molar-refractivity contribution in [2.75, 3.05) is 17.4 Å². The van der Waals surface area contributed by atoms with Crippen LogP contribution in [-0.2, 0) is 30.8 Å². The number of fused-ring (bicyclic) bond motifs is 4. The molecule has 0 bridgehead atoms. The van der Waals surface area contributed by atoms with Gasteiger partial charge >= 0.3 is 6.18 Å². The van der Waals surface area contributed by atoms with E-state index >= 15 is 4.79 Å². The summed E-state index contributed by atoms with van der Waals surface area (Å²) in [6.07, 6.45) is -2.38. The molecule has 3 heterocycles. The Bertz CT molecular complexity index is 2380. The molecule has 3 fully saturated rings. The number of carbonyl (C=O) groups excluding carboxylic acids is 4. The summed E-state index contributed by atoms with van der Waals surface area (Å²) in [6, 6.07) is 17.0. The maximum absolute atomic E-state index is 15.4. The van der Waals surface area contributed by atoms with E-state index in [1.807, 2.05) is 6.08 Å². The number of hydrogen-bond acceptors (Lipinski definition) is 8. The number of halogens is 7. The highest BCUT2D eigenvalue weighted by atomic mass is 127. The molecule has 288 valence electrons. The average Bonchev–Trinajstić information content (AvgIpc) is 3.54. The zero-order valence-corrected chi connectivity index (χ0v) is 34.0. The summed E-state index contributed by atoms with van der Waals surface area (Å²) < 4.78 is 47.4. The molecule has 56 heavy (non-hydrogen) atoms. The lowest BCUT2D eigenvalue weighted by molar-refractivity contribution is -0.139. The summed E-state index contributed by atoms with van der Waals surface area (Å²) in [7, 11) is 1.36. The number of imide groups is 2. The topological polar surface area (TPSA) is 129 Å². The predicted octanol–water partition coefficient (Wildman–Crippen LogP) is 8.68. The number of aromatic hydroxyl groups is 1. The quantitative estimate of drug-likeness (QED) is 0.112. The number of alkyl halides is 3. The number of hydrogen-bond donors (Lipinski definition) is 2. The van der Waals surface area contributed by atoms with Gasteiger partial charge in [0.05, 0.1) is 46.6 Å². The van der Waals surface area contributed by atoms with Crippen molar-refractivity contribution in [3.8, 4) is 11.5 Å². The fourth-order valence-electron chi connectivity index (χ4n) is 8.94. The van der Waals surface area contributed by atoms with E-state index in [0.29, 0.717) is 43.6 Å². The van der Waals surface area contributed by atoms with Gasteiger partial charge in [0.15, 0.2) is 17.3 Å². The molecule has 0 radical (unpaired) electrons. The van der Waals surface area contributed by atoms with Crippen molar-refractivity contribution in [3.63, 3.8) is 0 Å². The maximum Gasteiger partial charge on any atom is 0.417 e. The number of methoxy groups -OCH3 is 1. The van der Waals surface area contributed by atoms with E-state index in [9.17, 15) is 32.7 Å². The van der Waals surface area contributed by atoms with Crippen LogP contribution in [0.1, 0.15) is 35.4 Å². The molecule has 4 amide bonds. The highest BCUT2D eigenvalue weighted by Crippen LogP contribution is 2.65. The fraction of sp³-hybridized carbons (Fsp3) is 0.256. The molecule has 1 aromatic heterocycles. The average molecular weight is 982 g/mol. The van der Waals surface area contributed by atoms with Gasteiger partial charge in [0.25, 0.3) is 11.8 Å². The monoisotopic (exact) mass is 980 g/mol. The van der Waals surface area contributed by atoms with Crippen molar-refractivity contribution in [1.82, 2.24) is 9.99 Å². The van der Waals surface area contributed by atoms with Crippen molar-refractivity contribution >= 4 is 96.9 Å². The minimum absolute atomic E-state index is 0.0538. The number of rotatable bonds is 6. The van der Waals surface area contributed by atoms with E-state index in [2.05, 4.69) is 48.9 Å². The molecule has 1 saturated carbocycles. The molecule has 8 rings (SSSR count). The Balaban J connectivity index is 1.34. The molecular formula is C39H27BrCl2F3IN4O6. The molecule has 2 saturated heterocycles. The first-order chi connectivity index (χ1) is 26.6. The van der Waals surface area contributed by atoms with Gasteiger partial charge in [-0.15, -0.1) is 0 Å². The molecule has 6 atom stereocenters. The van der Waals surface area contributed by atoms with Crippen LogP contribution in [0.2, 0.25) is 10.0 Å². The SMILES string of the molecule is COc1cc(Br)cc(C2C3=CCC4C(=O)N(c5ccc(I)cc5)C(=O)C4C3CC3C(=O)N(Nc4ncc(C(F)(F)F)cc4Cl)C(=O)C32c2ccc(Cl)cc2)c1O. The van der Waals surface area contributed by atoms with Crippen molar-refractivity contribution in [2.24, 2.45) is 23.7 Å². The maximum atomic E-state index is 15.4. The number of phenolic OH excluding ortho intramolecular Hbond substituents is 1. The van der Waals surface area contributed by atoms with E-state index < -0.39 is 81.2 Å². The van der Waals surface area contributed by atoms with Gasteiger partial charge in [-0.05, 0) is 102 Å². The standard InChI is InChI=1S/C39H27BrCl2F3IN4O6/c1-56-29-14-19(40)13-26(32(29)51)31-23-10-11-24-30(36(54)49(34(24)52)22-8-6-21(46)7-9-22)25(23)15-27-35(53)50(37(55)38(27,31)17-2-4-20(41)5-3-17)48-33-28(42)12-18(16-47-33)39(43,44)45/h2-10,12-14,16,24-25,27,30-31,51H,11,15H2,1H3,(H,47,48). The molecule has 17 heteroatoms. The summed E-state index contributed by atoms with van der Waals surface area (Å²) in [5.41, 5.74) is 1.07. The molecule has 2 N–H and O–H groups in total. The Morgan fingerprint density at radius 2 is 1.68 bits per heavy atom. The van der Waals surface area contributed by atoms with Gasteiger partial charge in [-0.25, -0.2) is 4.98 Å². The predicted molar refractivity (Wildman–Crippen MR) is 211 cm³/mol. The lowest BCUT2D eigenvalue weighted by atomic mass is 9.49. The Kier molecular flexibility index (Phi) is 9.68. The first-order valence-corrected chi connectivity index (χ1v) is 19.7. The molecule has 3 aromatic carbocycles. The Hall–Kier alpha value is -4.19. The minimum Gasteiger partial charge on any atom is -0.504 e. The number of allylic oxidation sites excluding steroid dienone is 2. The van der Waals surface area contributed by atoms with Crippen LogP contribution in [-0.4, -0.2) is 45.8 Å². The number of hydrazine groups is 1. The number of ether oxygens (including phenoxy) is 1. The first kappa shape index (κ1) is 38.7. The largest absolute Gasteiger partial charge is 0.504 e. The number of amides is 4. The van der Waals surface area contributed by atoms with Crippen LogP contribution in [0.15, 0.2) is 89.0 Å². The van der Waals surface area contributed by atoms with Gasteiger partial charge in [-0.2, -0.15) is 18.2 Å². The van der Waals surface area contributed by atoms with Crippen LogP contribution in [0.4, 0.5) is 24.7 Å². The summed E-state index contributed by atoms with van der Waals surface area (Å²) in [4.78, 5) is 63.9. The Labute approximate surface area is 349 Å². The number of aromatic nitrogens is 1. The Morgan fingerprint density at radius 1 is 0.982 bits per heavy atom. The smallest absolute Gasteiger partial charge is 0.417 e. The van der Waals surface area contributed by atoms with Crippen molar-refractivity contribution < 1.29 is 42.2 Å². The second-order valence-corrected chi connectivity index (χ2v) is 17.0. The van der Waals surface area contributed by atoms with Gasteiger partial charge in [-0.1, -0.05) is 62.9 Å². The summed E-state index contributed by atoms with van der Waals surface area (Å²) in [6.45, 7) is 0. The molecule has 6 unspecified atom stereocenters. The van der Waals surface area contributed by atoms with Crippen LogP contribution in [0.5, 0.6) is 11.5 Å². The Morgan fingerprint density at radius 3 is 2.32 bits per heavy atom. The number of pyridine rings is 1. The van der Waals surface area contributed by atoms with Crippen LogP contribution in [0.25, 0.3) is 0 Å². The number of nitrogens with zero attached hydrogens (tertiary/aromatic N) is 3. The van der Waals surface area contributed by atoms with Gasteiger partial charge < -0.3 is 9.84 Å². The third-order valence-electron chi connectivity index (χ3n) is 11.2. The van der Waals surface area contributed by atoms with Crippen molar-refractivity contribution in [1.29, 1.82) is 0 Å². The van der Waals surface area contributed by atoms with Gasteiger partial charge in [-0.3, -0.25) is 29.5 Å². The third kappa shape index (κ3) is 5.90. The number of anilines is 2. The number of benzene rings is 3. The van der Waals surface area contributed by atoms with Gasteiger partial charge in [0.2, 0.25) is 11.8 Å². The van der Waals surface area contributed by atoms with Gasteiger partial charge in [0.1, 0.15) is 0 Å². The van der Waals surface area contributed by atoms with Crippen molar-refractivity contribution in [2.45, 2.75) is 30.4 Å². The molecule has 4 aromatic rings. The zero-order valence-electron chi connectivity index (χ0n) is 28.8. The summed E-state index contributed by atoms with van der Waals surface area (Å²) in [5.74, 6) is -8.04. The van der Waals surface area contributed by atoms with Crippen LogP contribution >= 0.6 is 61.7 Å². The number of carbonyl (C=O) groups is 4. The van der Waals surface area contributed by atoms with Crippen molar-refractivity contribution in [3.05, 3.63) is 119 Å². The highest BCUT2D eigenvalue weighted by molar-refractivity contribution is 14.1. The number of phenols is 1. The van der Waals surface area contributed by atoms with Crippen LogP contribution in [0, 0.1) is 27.2 Å². The van der Waals surface area contributed by atoms with E-state index in [0.717, 1.165) is 3.57 Å². The molecule has 10 nitrogen and oxygen atoms in total. The second kappa shape index (κ2) is 14.0. The molecular weight excluding hydrogens is 955 g/mol. The van der Waals surface area contributed by atoms with E-state index in [-0.39, 0.29) is 29.9 Å². The lowest BCUT2D eigenvalue weighted by Gasteiger charge is -2.50. The van der Waals surface area contributed by atoms with Gasteiger partial charge in [0, 0.05) is 30.7 Å². The fourth-order valence-corrected chi connectivity index (χ4v) is 10.1. The molecule has 0 spiro atoms. The summed E-state index contributed by atoms with van der Waals surface area (Å²) >= 11 is 18.2. The first-order valence-electron chi connectivity index (χ1n) is 17.1. The third-order valence-corrected chi connectivity index (χ3v) is 13.0. The number of nitrogens with one attached hydrogen (secondary N) is 1. The van der Waals surface area contributed by atoms with Crippen LogP contribution < -0.4 is 15.1 Å².